The third-order valence-corrected chi connectivity index (χ3v) is 3.47. The van der Waals surface area contributed by atoms with Crippen molar-refractivity contribution in [3.8, 4) is 0 Å². The molecule has 0 aromatic heterocycles. The van der Waals surface area contributed by atoms with Gasteiger partial charge in [-0.05, 0) is 35.2 Å². The van der Waals surface area contributed by atoms with E-state index in [1.54, 1.807) is 0 Å². The molecule has 6 N–H and O–H groups in total. The first-order chi connectivity index (χ1) is 11.8. The molecular formula is C12H14B2N2O8S. The lowest BCUT2D eigenvalue weighted by Crippen LogP contribution is -2.30. The average molecular weight is 368 g/mol. The molecule has 2 aromatic rings. The third kappa shape index (κ3) is 6.03. The smallest absolute Gasteiger partial charge is 0.423 e. The van der Waals surface area contributed by atoms with Crippen LogP contribution < -0.4 is 21.9 Å². The highest BCUT2D eigenvalue weighted by molar-refractivity contribution is 7.81. The topological polar surface area (TPSA) is 158 Å². The molecule has 13 heteroatoms. The van der Waals surface area contributed by atoms with Crippen LogP contribution in [0.5, 0.6) is 0 Å². The highest BCUT2D eigenvalue weighted by Crippen LogP contribution is 2.09. The number of benzene rings is 2. The number of nitrogens with one attached hydrogen (secondary N) is 2. The predicted molar refractivity (Wildman–Crippen MR) is 90.9 cm³/mol. The van der Waals surface area contributed by atoms with Crippen molar-refractivity contribution in [2.75, 3.05) is 11.0 Å². The Hall–Kier alpha value is -2.12. The molecule has 0 atom stereocenters. The Morgan fingerprint density at radius 3 is 1.52 bits per heavy atom. The molecule has 0 fully saturated rings. The molecule has 10 nitrogen and oxygen atoms in total. The summed E-state index contributed by atoms with van der Waals surface area (Å²) in [7, 11) is -7.95. The first-order valence-corrected chi connectivity index (χ1v) is 8.16. The van der Waals surface area contributed by atoms with Gasteiger partial charge in [0.1, 0.15) is 0 Å². The van der Waals surface area contributed by atoms with Crippen LogP contribution in [0.15, 0.2) is 48.5 Å². The van der Waals surface area contributed by atoms with Crippen molar-refractivity contribution in [3.05, 3.63) is 48.5 Å². The van der Waals surface area contributed by atoms with Gasteiger partial charge in [0.05, 0.1) is 11.4 Å². The van der Waals surface area contributed by atoms with Crippen LogP contribution in [-0.2, 0) is 19.0 Å². The lowest BCUT2D eigenvalue weighted by Gasteiger charge is -2.10. The predicted octanol–water partition coefficient (Wildman–Crippen LogP) is -2.32. The van der Waals surface area contributed by atoms with Gasteiger partial charge in [-0.1, -0.05) is 24.3 Å². The fourth-order valence-electron chi connectivity index (χ4n) is 1.74. The van der Waals surface area contributed by atoms with E-state index in [1.807, 2.05) is 0 Å². The second-order valence-corrected chi connectivity index (χ2v) is 5.93. The molecule has 0 saturated carbocycles. The zero-order valence-electron chi connectivity index (χ0n) is 12.6. The van der Waals surface area contributed by atoms with E-state index in [9.17, 15) is 8.42 Å². The molecule has 2 aromatic carbocycles. The molecule has 0 saturated heterocycles. The monoisotopic (exact) mass is 368 g/mol. The summed E-state index contributed by atoms with van der Waals surface area (Å²) in [6.07, 6.45) is 0. The maximum absolute atomic E-state index is 11.6. The van der Waals surface area contributed by atoms with E-state index >= 15 is 0 Å². The first kappa shape index (κ1) is 19.2. The zero-order valence-corrected chi connectivity index (χ0v) is 13.4. The van der Waals surface area contributed by atoms with Crippen LogP contribution >= 0.6 is 0 Å². The Labute approximate surface area is 144 Å². The zero-order chi connectivity index (χ0) is 18.4. The second kappa shape index (κ2) is 8.31. The van der Waals surface area contributed by atoms with E-state index in [1.165, 1.54) is 48.5 Å². The maximum atomic E-state index is 11.6. The third-order valence-electron chi connectivity index (χ3n) is 2.89. The molecule has 0 radical (unpaired) electrons. The normalized spacial score (nSPS) is 11.0. The quantitative estimate of drug-likeness (QED) is 0.221. The van der Waals surface area contributed by atoms with Gasteiger partial charge in [0.15, 0.2) is 0 Å². The number of rotatable bonds is 8. The summed E-state index contributed by atoms with van der Waals surface area (Å²) in [6.45, 7) is 0. The van der Waals surface area contributed by atoms with Gasteiger partial charge in [0.25, 0.3) is 0 Å². The summed E-state index contributed by atoms with van der Waals surface area (Å²) < 4.78 is 32.1. The summed E-state index contributed by atoms with van der Waals surface area (Å²) in [4.78, 5) is 0. The van der Waals surface area contributed by atoms with E-state index in [2.05, 4.69) is 19.5 Å². The Morgan fingerprint density at radius 1 is 0.760 bits per heavy atom. The molecule has 0 aliphatic carbocycles. The maximum Gasteiger partial charge on any atom is 0.488 e. The summed E-state index contributed by atoms with van der Waals surface area (Å²) in [6, 6.07) is 11.1. The molecule has 0 heterocycles. The molecule has 2 rings (SSSR count). The van der Waals surface area contributed by atoms with Crippen molar-refractivity contribution in [3.63, 3.8) is 0 Å². The van der Waals surface area contributed by atoms with E-state index in [-0.39, 0.29) is 22.3 Å². The molecular weight excluding hydrogens is 354 g/mol. The number of hydrogen-bond acceptors (Lipinski definition) is 10. The van der Waals surface area contributed by atoms with Gasteiger partial charge in [0, 0.05) is 0 Å². The van der Waals surface area contributed by atoms with E-state index in [4.69, 9.17) is 20.1 Å². The molecule has 132 valence electrons. The fourth-order valence-corrected chi connectivity index (χ4v) is 2.17. The standard InChI is InChI=1S/C12H14B2N2O8S/c17-13(18)9-3-1-5-11(7-9)15-23-25(21,22)24-16-12-6-2-4-10(8-12)14(19)20/h1-8,15-20H. The van der Waals surface area contributed by atoms with Crippen molar-refractivity contribution in [1.29, 1.82) is 0 Å². The Bertz CT molecular complexity index is 757. The highest BCUT2D eigenvalue weighted by Gasteiger charge is 2.16. The molecule has 0 aliphatic heterocycles. The minimum atomic E-state index is -4.52. The van der Waals surface area contributed by atoms with Gasteiger partial charge in [-0.25, -0.2) is 11.0 Å². The van der Waals surface area contributed by atoms with Crippen molar-refractivity contribution in [2.45, 2.75) is 0 Å². The molecule has 0 unspecified atom stereocenters. The fraction of sp³-hybridized carbons (Fsp3) is 0. The van der Waals surface area contributed by atoms with Gasteiger partial charge in [0.2, 0.25) is 0 Å². The Balaban J connectivity index is 1.94. The van der Waals surface area contributed by atoms with Crippen LogP contribution in [0, 0.1) is 0 Å². The molecule has 0 aliphatic rings. The van der Waals surface area contributed by atoms with Gasteiger partial charge in [-0.15, -0.1) is 8.57 Å². The van der Waals surface area contributed by atoms with Crippen LogP contribution in [-0.4, -0.2) is 42.8 Å². The summed E-state index contributed by atoms with van der Waals surface area (Å²) in [5.41, 5.74) is 4.72. The lowest BCUT2D eigenvalue weighted by molar-refractivity contribution is 0.280. The molecule has 0 bridgehead atoms. The molecule has 0 amide bonds. The van der Waals surface area contributed by atoms with E-state index in [0.717, 1.165) is 0 Å². The van der Waals surface area contributed by atoms with Crippen LogP contribution in [0.25, 0.3) is 0 Å². The van der Waals surface area contributed by atoms with Gasteiger partial charge >= 0.3 is 24.6 Å². The Kier molecular flexibility index (Phi) is 6.38. The number of anilines is 2. The van der Waals surface area contributed by atoms with Crippen LogP contribution in [0.3, 0.4) is 0 Å². The molecule has 0 spiro atoms. The van der Waals surface area contributed by atoms with E-state index < -0.39 is 24.6 Å². The van der Waals surface area contributed by atoms with Crippen molar-refractivity contribution < 1.29 is 37.1 Å². The Morgan fingerprint density at radius 2 is 1.16 bits per heavy atom. The molecule has 25 heavy (non-hydrogen) atoms. The average Bonchev–Trinajstić information content (AvgIpc) is 2.59. The SMILES string of the molecule is O=S(=O)(ONc1cccc(B(O)O)c1)ONc1cccc(B(O)O)c1. The summed E-state index contributed by atoms with van der Waals surface area (Å²) in [5.74, 6) is 0. The van der Waals surface area contributed by atoms with Crippen LogP contribution in [0.2, 0.25) is 0 Å². The van der Waals surface area contributed by atoms with Crippen molar-refractivity contribution in [1.82, 2.24) is 0 Å². The largest absolute Gasteiger partial charge is 0.488 e. The summed E-state index contributed by atoms with van der Waals surface area (Å²) in [5, 5.41) is 36.2. The highest BCUT2D eigenvalue weighted by atomic mass is 32.3. The lowest BCUT2D eigenvalue weighted by atomic mass is 9.80. The number of hydrogen-bond donors (Lipinski definition) is 6. The minimum Gasteiger partial charge on any atom is -0.423 e. The van der Waals surface area contributed by atoms with Crippen LogP contribution in [0.4, 0.5) is 11.4 Å². The van der Waals surface area contributed by atoms with Crippen molar-refractivity contribution in [2.24, 2.45) is 0 Å². The van der Waals surface area contributed by atoms with E-state index in [0.29, 0.717) is 0 Å². The summed E-state index contributed by atoms with van der Waals surface area (Å²) >= 11 is 0. The van der Waals surface area contributed by atoms with Crippen molar-refractivity contribution >= 4 is 46.9 Å². The minimum absolute atomic E-state index is 0.129. The van der Waals surface area contributed by atoms with Gasteiger partial charge < -0.3 is 20.1 Å². The first-order valence-electron chi connectivity index (χ1n) is 6.83. The van der Waals surface area contributed by atoms with Gasteiger partial charge in [-0.2, -0.15) is 8.42 Å². The van der Waals surface area contributed by atoms with Crippen LogP contribution in [0.1, 0.15) is 0 Å². The second-order valence-electron chi connectivity index (χ2n) is 4.78. The van der Waals surface area contributed by atoms with Gasteiger partial charge in [-0.3, -0.25) is 0 Å².